The molecule has 0 bridgehead atoms. The minimum atomic E-state index is -3.37. The molecule has 3 N–H and O–H groups in total. The van der Waals surface area contributed by atoms with Crippen molar-refractivity contribution in [2.45, 2.75) is 37.5 Å². The van der Waals surface area contributed by atoms with E-state index in [9.17, 15) is 13.2 Å². The smallest absolute Gasteiger partial charge is 0.250 e. The van der Waals surface area contributed by atoms with Gasteiger partial charge in [-0.05, 0) is 61.1 Å². The Hall–Kier alpha value is -3.98. The maximum absolute atomic E-state index is 13.1. The van der Waals surface area contributed by atoms with Crippen molar-refractivity contribution in [2.75, 3.05) is 16.8 Å². The molecule has 9 heteroatoms. The summed E-state index contributed by atoms with van der Waals surface area (Å²) >= 11 is 0. The van der Waals surface area contributed by atoms with Crippen molar-refractivity contribution in [2.24, 2.45) is 13.0 Å². The second kappa shape index (κ2) is 10.1. The minimum Gasteiger partial charge on any atom is -0.383 e. The molecule has 1 amide bonds. The lowest BCUT2D eigenvalue weighted by atomic mass is 9.98. The predicted molar refractivity (Wildman–Crippen MR) is 151 cm³/mol. The van der Waals surface area contributed by atoms with E-state index in [1.807, 2.05) is 48.0 Å². The number of nitrogens with zero attached hydrogens (tertiary/aromatic N) is 3. The number of aryl methyl sites for hydroxylation is 1. The standard InChI is InChI=1S/C29H31N5O3S/c1-18(2)29(35)33-22-12-8-21(9-13-22)26-24(25-27(30)31-17-32-28(25)34(26)3)20-10-14-23(15-11-20)38(36,37)16-19-6-4-5-7-19/h8-15,17,19H,1,4-7,16H2,2-3H3,(H,33,35)(H2,30,31,32). The fourth-order valence-electron chi connectivity index (χ4n) is 5.26. The van der Waals surface area contributed by atoms with E-state index in [4.69, 9.17) is 5.73 Å². The highest BCUT2D eigenvalue weighted by Gasteiger charge is 2.25. The molecule has 4 aromatic rings. The molecule has 0 unspecified atom stereocenters. The van der Waals surface area contributed by atoms with Crippen molar-refractivity contribution in [3.8, 4) is 22.4 Å². The first kappa shape index (κ1) is 25.7. The van der Waals surface area contributed by atoms with Gasteiger partial charge in [-0.15, -0.1) is 0 Å². The fraction of sp³-hybridized carbons (Fsp3) is 0.276. The number of nitrogens with two attached hydrogens (primary N) is 1. The van der Waals surface area contributed by atoms with Gasteiger partial charge < -0.3 is 15.6 Å². The average Bonchev–Trinajstić information content (AvgIpc) is 3.51. The number of carbonyl (C=O) groups is 1. The van der Waals surface area contributed by atoms with Crippen molar-refractivity contribution < 1.29 is 13.2 Å². The van der Waals surface area contributed by atoms with E-state index >= 15 is 0 Å². The van der Waals surface area contributed by atoms with Crippen LogP contribution in [0.3, 0.4) is 0 Å². The van der Waals surface area contributed by atoms with Gasteiger partial charge in [-0.1, -0.05) is 43.7 Å². The highest BCUT2D eigenvalue weighted by atomic mass is 32.2. The third kappa shape index (κ3) is 4.81. The third-order valence-electron chi connectivity index (χ3n) is 7.23. The van der Waals surface area contributed by atoms with Crippen molar-refractivity contribution in [3.05, 3.63) is 67.0 Å². The normalized spacial score (nSPS) is 14.2. The zero-order valence-corrected chi connectivity index (χ0v) is 22.4. The number of aromatic nitrogens is 3. The Balaban J connectivity index is 1.57. The number of amides is 1. The second-order valence-electron chi connectivity index (χ2n) is 10.0. The first-order chi connectivity index (χ1) is 18.2. The van der Waals surface area contributed by atoms with E-state index in [-0.39, 0.29) is 17.6 Å². The summed E-state index contributed by atoms with van der Waals surface area (Å²) in [4.78, 5) is 21.0. The van der Waals surface area contributed by atoms with Gasteiger partial charge >= 0.3 is 0 Å². The van der Waals surface area contributed by atoms with E-state index in [1.165, 1.54) is 6.33 Å². The van der Waals surface area contributed by atoms with Crippen LogP contribution in [0, 0.1) is 5.92 Å². The number of benzene rings is 2. The Kier molecular flexibility index (Phi) is 6.79. The van der Waals surface area contributed by atoms with E-state index < -0.39 is 9.84 Å². The van der Waals surface area contributed by atoms with Crippen molar-refractivity contribution in [3.63, 3.8) is 0 Å². The van der Waals surface area contributed by atoms with Crippen LogP contribution in [-0.2, 0) is 21.7 Å². The van der Waals surface area contributed by atoms with Crippen LogP contribution in [-0.4, -0.2) is 34.6 Å². The molecule has 1 fully saturated rings. The number of sulfone groups is 1. The summed E-state index contributed by atoms with van der Waals surface area (Å²) in [6.07, 6.45) is 5.60. The number of fused-ring (bicyclic) bond motifs is 1. The molecule has 196 valence electrons. The lowest BCUT2D eigenvalue weighted by molar-refractivity contribution is -0.112. The summed E-state index contributed by atoms with van der Waals surface area (Å²) < 4.78 is 28.1. The molecule has 0 aliphatic heterocycles. The van der Waals surface area contributed by atoms with Gasteiger partial charge in [-0.25, -0.2) is 18.4 Å². The number of anilines is 2. The Morgan fingerprint density at radius 3 is 2.32 bits per heavy atom. The number of nitrogen functional groups attached to an aromatic ring is 1. The predicted octanol–water partition coefficient (Wildman–Crippen LogP) is 5.36. The van der Waals surface area contributed by atoms with Gasteiger partial charge in [0.05, 0.1) is 21.7 Å². The van der Waals surface area contributed by atoms with Crippen LogP contribution in [0.4, 0.5) is 11.5 Å². The highest BCUT2D eigenvalue weighted by Crippen LogP contribution is 2.42. The first-order valence-electron chi connectivity index (χ1n) is 12.6. The van der Waals surface area contributed by atoms with E-state index in [2.05, 4.69) is 21.9 Å². The molecule has 2 heterocycles. The third-order valence-corrected chi connectivity index (χ3v) is 9.13. The molecule has 0 atom stereocenters. The summed E-state index contributed by atoms with van der Waals surface area (Å²) in [5.41, 5.74) is 11.4. The summed E-state index contributed by atoms with van der Waals surface area (Å²) in [6, 6.07) is 14.5. The second-order valence-corrected chi connectivity index (χ2v) is 12.0. The molecule has 1 aliphatic rings. The van der Waals surface area contributed by atoms with Crippen LogP contribution in [0.25, 0.3) is 33.4 Å². The van der Waals surface area contributed by atoms with Crippen LogP contribution in [0.5, 0.6) is 0 Å². The molecule has 8 nitrogen and oxygen atoms in total. The minimum absolute atomic E-state index is 0.195. The molecule has 38 heavy (non-hydrogen) atoms. The van der Waals surface area contributed by atoms with Gasteiger partial charge in [0.1, 0.15) is 17.8 Å². The fourth-order valence-corrected chi connectivity index (χ4v) is 6.95. The topological polar surface area (TPSA) is 120 Å². The Morgan fingerprint density at radius 1 is 1.05 bits per heavy atom. The van der Waals surface area contributed by atoms with Crippen LogP contribution in [0.1, 0.15) is 32.6 Å². The molecule has 0 saturated heterocycles. The van der Waals surface area contributed by atoms with Gasteiger partial charge in [-0.3, -0.25) is 4.79 Å². The number of carbonyl (C=O) groups excluding carboxylic acids is 1. The Bertz CT molecular complexity index is 1630. The van der Waals surface area contributed by atoms with Gasteiger partial charge in [0, 0.05) is 23.9 Å². The summed E-state index contributed by atoms with van der Waals surface area (Å²) in [5.74, 6) is 0.537. The van der Waals surface area contributed by atoms with Gasteiger partial charge in [0.15, 0.2) is 9.84 Å². The zero-order chi connectivity index (χ0) is 27.0. The maximum atomic E-state index is 13.1. The van der Waals surface area contributed by atoms with Crippen LogP contribution in [0.2, 0.25) is 0 Å². The first-order valence-corrected chi connectivity index (χ1v) is 14.3. The summed E-state index contributed by atoms with van der Waals surface area (Å²) in [7, 11) is -1.46. The molecule has 2 aromatic heterocycles. The van der Waals surface area contributed by atoms with Gasteiger partial charge in [0.2, 0.25) is 0 Å². The molecule has 5 rings (SSSR count). The van der Waals surface area contributed by atoms with Gasteiger partial charge in [-0.2, -0.15) is 0 Å². The van der Waals surface area contributed by atoms with Crippen molar-refractivity contribution >= 4 is 38.3 Å². The Labute approximate surface area is 222 Å². The van der Waals surface area contributed by atoms with Crippen LogP contribution >= 0.6 is 0 Å². The average molecular weight is 530 g/mol. The molecule has 2 aromatic carbocycles. The Morgan fingerprint density at radius 2 is 1.68 bits per heavy atom. The van der Waals surface area contributed by atoms with Crippen molar-refractivity contribution in [1.29, 1.82) is 0 Å². The molecular formula is C29H31N5O3S. The SMILES string of the molecule is C=C(C)C(=O)Nc1ccc(-c2c(-c3ccc(S(=O)(=O)CC4CCCC4)cc3)c3c(N)ncnc3n2C)cc1. The zero-order valence-electron chi connectivity index (χ0n) is 21.6. The molecule has 0 radical (unpaired) electrons. The van der Waals surface area contributed by atoms with E-state index in [0.29, 0.717) is 33.0 Å². The monoisotopic (exact) mass is 529 g/mol. The highest BCUT2D eigenvalue weighted by molar-refractivity contribution is 7.91. The number of nitrogens with one attached hydrogen (secondary N) is 1. The largest absolute Gasteiger partial charge is 0.383 e. The van der Waals surface area contributed by atoms with Gasteiger partial charge in [0.25, 0.3) is 5.91 Å². The lowest BCUT2D eigenvalue weighted by Gasteiger charge is -2.12. The van der Waals surface area contributed by atoms with Crippen molar-refractivity contribution in [1.82, 2.24) is 14.5 Å². The maximum Gasteiger partial charge on any atom is 0.250 e. The lowest BCUT2D eigenvalue weighted by Crippen LogP contribution is -2.14. The summed E-state index contributed by atoms with van der Waals surface area (Å²) in [6.45, 7) is 5.33. The summed E-state index contributed by atoms with van der Waals surface area (Å²) in [5, 5.41) is 3.52. The molecule has 0 spiro atoms. The van der Waals surface area contributed by atoms with Crippen LogP contribution < -0.4 is 11.1 Å². The van der Waals surface area contributed by atoms with Crippen LogP contribution in [0.15, 0.2) is 71.9 Å². The number of hydrogen-bond acceptors (Lipinski definition) is 6. The van der Waals surface area contributed by atoms with E-state index in [1.54, 1.807) is 19.1 Å². The quantitative estimate of drug-likeness (QED) is 0.311. The van der Waals surface area contributed by atoms with E-state index in [0.717, 1.165) is 48.1 Å². The number of rotatable bonds is 7. The molecule has 1 saturated carbocycles. The molecular weight excluding hydrogens is 498 g/mol. The molecule has 1 aliphatic carbocycles. The number of hydrogen-bond donors (Lipinski definition) is 2.